The molecule has 0 saturated carbocycles. The van der Waals surface area contributed by atoms with Crippen LogP contribution in [0.5, 0.6) is 0 Å². The molecule has 154 valence electrons. The van der Waals surface area contributed by atoms with E-state index in [0.29, 0.717) is 17.5 Å². The summed E-state index contributed by atoms with van der Waals surface area (Å²) in [5.74, 6) is 0. The Bertz CT molecular complexity index is 1130. The highest BCUT2D eigenvalue weighted by Crippen LogP contribution is 2.37. The van der Waals surface area contributed by atoms with Crippen LogP contribution in [0.3, 0.4) is 0 Å². The first-order valence-corrected chi connectivity index (χ1v) is 10.0. The number of hydrogen-bond acceptors (Lipinski definition) is 5. The number of fused-ring (bicyclic) bond motifs is 1. The molecule has 1 fully saturated rings. The van der Waals surface area contributed by atoms with Crippen molar-refractivity contribution in [1.82, 2.24) is 4.98 Å². The Labute approximate surface area is 176 Å². The van der Waals surface area contributed by atoms with Crippen LogP contribution in [-0.4, -0.2) is 28.2 Å². The molecule has 1 saturated heterocycles. The first kappa shape index (κ1) is 20.5. The third-order valence-corrected chi connectivity index (χ3v) is 6.17. The number of nitrogens with zero attached hydrogens (tertiary/aromatic N) is 2. The van der Waals surface area contributed by atoms with E-state index in [9.17, 15) is 10.1 Å². The number of aryl methyl sites for hydroxylation is 1. The van der Waals surface area contributed by atoms with Crippen LogP contribution in [0.2, 0.25) is 0 Å². The van der Waals surface area contributed by atoms with Crippen LogP contribution in [0.4, 0.5) is 5.69 Å². The molecule has 0 amide bonds. The molecule has 1 aliphatic heterocycles. The topological polar surface area (TPSA) is 74.5 Å². The third kappa shape index (κ3) is 3.59. The number of nitro groups is 1. The maximum Gasteiger partial charge on any atom is 0.494 e. The highest BCUT2D eigenvalue weighted by atomic mass is 16.7. The fourth-order valence-electron chi connectivity index (χ4n) is 3.75. The minimum atomic E-state index is -0.537. The summed E-state index contributed by atoms with van der Waals surface area (Å²) in [5, 5.41) is 12.5. The highest BCUT2D eigenvalue weighted by Gasteiger charge is 2.51. The molecule has 2 heterocycles. The van der Waals surface area contributed by atoms with E-state index < -0.39 is 18.3 Å². The van der Waals surface area contributed by atoms with Crippen LogP contribution >= 0.6 is 0 Å². The zero-order valence-electron chi connectivity index (χ0n) is 17.9. The van der Waals surface area contributed by atoms with Gasteiger partial charge < -0.3 is 9.31 Å². The van der Waals surface area contributed by atoms with Gasteiger partial charge in [0, 0.05) is 17.4 Å². The van der Waals surface area contributed by atoms with Crippen molar-refractivity contribution in [1.29, 1.82) is 0 Å². The van der Waals surface area contributed by atoms with Gasteiger partial charge in [0.05, 0.1) is 21.6 Å². The summed E-state index contributed by atoms with van der Waals surface area (Å²) in [6.45, 7) is 10.0. The first-order chi connectivity index (χ1) is 14.1. The molecule has 0 spiro atoms. The van der Waals surface area contributed by atoms with Gasteiger partial charge in [0.2, 0.25) is 0 Å². The Hall–Kier alpha value is -2.77. The summed E-state index contributed by atoms with van der Waals surface area (Å²) >= 11 is 0. The maximum absolute atomic E-state index is 11.8. The summed E-state index contributed by atoms with van der Waals surface area (Å²) in [6, 6.07) is 13.7. The number of hydrogen-bond donors (Lipinski definition) is 0. The second-order valence-electron chi connectivity index (χ2n) is 8.91. The van der Waals surface area contributed by atoms with Crippen LogP contribution in [0.1, 0.15) is 44.4 Å². The number of aromatic nitrogens is 1. The summed E-state index contributed by atoms with van der Waals surface area (Å²) < 4.78 is 12.3. The second kappa shape index (κ2) is 7.18. The molecule has 4 rings (SSSR count). The Morgan fingerprint density at radius 1 is 1.07 bits per heavy atom. The number of benzene rings is 2. The average Bonchev–Trinajstić information content (AvgIpc) is 2.89. The van der Waals surface area contributed by atoms with Crippen LogP contribution in [0.15, 0.2) is 48.7 Å². The highest BCUT2D eigenvalue weighted by molar-refractivity contribution is 6.62. The lowest BCUT2D eigenvalue weighted by Gasteiger charge is -2.32. The molecular formula is C23H25BN2O4. The molecule has 0 radical (unpaired) electrons. The lowest BCUT2D eigenvalue weighted by molar-refractivity contribution is -0.385. The van der Waals surface area contributed by atoms with Gasteiger partial charge in [-0.2, -0.15) is 0 Å². The summed E-state index contributed by atoms with van der Waals surface area (Å²) in [4.78, 5) is 15.7. The van der Waals surface area contributed by atoms with E-state index in [2.05, 4.69) is 4.98 Å². The molecule has 6 nitrogen and oxygen atoms in total. The van der Waals surface area contributed by atoms with Gasteiger partial charge in [-0.1, -0.05) is 42.0 Å². The summed E-state index contributed by atoms with van der Waals surface area (Å²) in [5.41, 5.74) is 3.43. The molecule has 1 aliphatic rings. The van der Waals surface area contributed by atoms with Gasteiger partial charge in [-0.05, 0) is 51.7 Å². The Balaban J connectivity index is 1.83. The van der Waals surface area contributed by atoms with Crippen molar-refractivity contribution in [3.8, 4) is 0 Å². The molecule has 0 bridgehead atoms. The Kier molecular flexibility index (Phi) is 4.91. The van der Waals surface area contributed by atoms with Gasteiger partial charge in [-0.25, -0.2) is 4.98 Å². The molecule has 7 heteroatoms. The number of rotatable bonds is 4. The van der Waals surface area contributed by atoms with E-state index in [-0.39, 0.29) is 10.6 Å². The van der Waals surface area contributed by atoms with Gasteiger partial charge >= 0.3 is 7.12 Å². The predicted octanol–water partition coefficient (Wildman–Crippen LogP) is 4.34. The molecular weight excluding hydrogens is 379 g/mol. The molecule has 0 N–H and O–H groups in total. The standard InChI is InChI=1S/C23H25BN2O4/c1-15-7-6-8-16(11-15)12-19-18-13-17(24-29-22(2,3)23(4,5)30-24)9-10-20(18)25-14-21(19)26(27)28/h6-11,13-14H,12H2,1-5H3. The van der Waals surface area contributed by atoms with E-state index in [1.165, 1.54) is 6.20 Å². The minimum Gasteiger partial charge on any atom is -0.399 e. The lowest BCUT2D eigenvalue weighted by atomic mass is 9.78. The fourth-order valence-corrected chi connectivity index (χ4v) is 3.75. The quantitative estimate of drug-likeness (QED) is 0.367. The monoisotopic (exact) mass is 404 g/mol. The molecule has 30 heavy (non-hydrogen) atoms. The van der Waals surface area contributed by atoms with Gasteiger partial charge in [0.15, 0.2) is 0 Å². The van der Waals surface area contributed by atoms with Crippen LogP contribution < -0.4 is 5.46 Å². The van der Waals surface area contributed by atoms with Crippen molar-refractivity contribution in [3.05, 3.63) is 75.5 Å². The van der Waals surface area contributed by atoms with E-state index >= 15 is 0 Å². The fraction of sp³-hybridized carbons (Fsp3) is 0.348. The van der Waals surface area contributed by atoms with Gasteiger partial charge in [-0.15, -0.1) is 0 Å². The minimum absolute atomic E-state index is 0.0232. The van der Waals surface area contributed by atoms with Crippen molar-refractivity contribution in [2.45, 2.75) is 52.2 Å². The maximum atomic E-state index is 11.8. The summed E-state index contributed by atoms with van der Waals surface area (Å²) in [7, 11) is -0.537. The Morgan fingerprint density at radius 2 is 1.77 bits per heavy atom. The molecule has 1 aromatic heterocycles. The molecule has 0 atom stereocenters. The predicted molar refractivity (Wildman–Crippen MR) is 118 cm³/mol. The van der Waals surface area contributed by atoms with E-state index in [1.807, 2.05) is 77.1 Å². The SMILES string of the molecule is Cc1cccc(Cc2c([N+](=O)[O-])cnc3ccc(B4OC(C)(C)C(C)(C)O4)cc23)c1. The second-order valence-corrected chi connectivity index (χ2v) is 8.91. The molecule has 0 unspecified atom stereocenters. The zero-order valence-corrected chi connectivity index (χ0v) is 17.9. The van der Waals surface area contributed by atoms with Crippen molar-refractivity contribution in [2.75, 3.05) is 0 Å². The van der Waals surface area contributed by atoms with E-state index in [1.54, 1.807) is 0 Å². The normalized spacial score (nSPS) is 17.4. The zero-order chi connectivity index (χ0) is 21.7. The molecule has 0 aliphatic carbocycles. The average molecular weight is 404 g/mol. The molecule has 2 aromatic carbocycles. The Morgan fingerprint density at radius 3 is 2.40 bits per heavy atom. The van der Waals surface area contributed by atoms with Crippen molar-refractivity contribution in [3.63, 3.8) is 0 Å². The van der Waals surface area contributed by atoms with Crippen LogP contribution in [0.25, 0.3) is 10.9 Å². The van der Waals surface area contributed by atoms with Crippen molar-refractivity contribution < 1.29 is 14.2 Å². The first-order valence-electron chi connectivity index (χ1n) is 10.0. The van der Waals surface area contributed by atoms with Crippen molar-refractivity contribution in [2.24, 2.45) is 0 Å². The van der Waals surface area contributed by atoms with Gasteiger partial charge in [-0.3, -0.25) is 10.1 Å². The third-order valence-electron chi connectivity index (χ3n) is 6.17. The van der Waals surface area contributed by atoms with E-state index in [0.717, 1.165) is 22.0 Å². The number of pyridine rings is 1. The van der Waals surface area contributed by atoms with E-state index in [4.69, 9.17) is 9.31 Å². The van der Waals surface area contributed by atoms with Crippen LogP contribution in [0, 0.1) is 17.0 Å². The smallest absolute Gasteiger partial charge is 0.399 e. The lowest BCUT2D eigenvalue weighted by Crippen LogP contribution is -2.41. The molecule has 3 aromatic rings. The van der Waals surface area contributed by atoms with Crippen molar-refractivity contribution >= 4 is 29.2 Å². The van der Waals surface area contributed by atoms with Gasteiger partial charge in [0.1, 0.15) is 6.20 Å². The summed E-state index contributed by atoms with van der Waals surface area (Å²) in [6.07, 6.45) is 1.80. The van der Waals surface area contributed by atoms with Gasteiger partial charge in [0.25, 0.3) is 5.69 Å². The van der Waals surface area contributed by atoms with Crippen LogP contribution in [-0.2, 0) is 15.7 Å². The largest absolute Gasteiger partial charge is 0.494 e.